The van der Waals surface area contributed by atoms with Gasteiger partial charge in [0.25, 0.3) is 0 Å². The number of nitrogens with one attached hydrogen (secondary N) is 1. The standard InChI is InChI=1S/C13H21N3O3S/c1-16-7-3-4-10(9-16)15-20(17,18)13-6-5-11(19-2)8-12(13)14/h5-6,8,10,15H,3-4,7,9,14H2,1-2H3. The number of benzene rings is 1. The normalized spacial score (nSPS) is 20.8. The van der Waals surface area contributed by atoms with Crippen molar-refractivity contribution in [3.63, 3.8) is 0 Å². The Labute approximate surface area is 120 Å². The quantitative estimate of drug-likeness (QED) is 0.797. The van der Waals surface area contributed by atoms with Crippen LogP contribution in [-0.2, 0) is 10.0 Å². The van der Waals surface area contributed by atoms with Crippen molar-refractivity contribution in [1.82, 2.24) is 9.62 Å². The molecule has 112 valence electrons. The van der Waals surface area contributed by atoms with Crippen LogP contribution in [0.15, 0.2) is 23.1 Å². The molecule has 1 aromatic rings. The summed E-state index contributed by atoms with van der Waals surface area (Å²) in [7, 11) is -0.0950. The van der Waals surface area contributed by atoms with Gasteiger partial charge in [-0.15, -0.1) is 0 Å². The van der Waals surface area contributed by atoms with Crippen LogP contribution in [0.4, 0.5) is 5.69 Å². The fourth-order valence-electron chi connectivity index (χ4n) is 2.44. The molecule has 0 spiro atoms. The number of nitrogens with zero attached hydrogens (tertiary/aromatic N) is 1. The molecule has 1 atom stereocenters. The number of sulfonamides is 1. The summed E-state index contributed by atoms with van der Waals surface area (Å²) in [6.07, 6.45) is 1.83. The van der Waals surface area contributed by atoms with Crippen LogP contribution in [0.25, 0.3) is 0 Å². The van der Waals surface area contributed by atoms with Gasteiger partial charge in [0, 0.05) is 18.7 Å². The first-order chi connectivity index (χ1) is 9.42. The number of piperidine rings is 1. The third kappa shape index (κ3) is 3.41. The second kappa shape index (κ2) is 5.99. The van der Waals surface area contributed by atoms with Gasteiger partial charge in [-0.1, -0.05) is 0 Å². The van der Waals surface area contributed by atoms with E-state index in [1.54, 1.807) is 6.07 Å². The van der Waals surface area contributed by atoms with E-state index in [-0.39, 0.29) is 16.6 Å². The Morgan fingerprint density at radius 3 is 2.80 bits per heavy atom. The molecule has 3 N–H and O–H groups in total. The minimum atomic E-state index is -3.60. The van der Waals surface area contributed by atoms with Crippen molar-refractivity contribution in [2.45, 2.75) is 23.8 Å². The predicted octanol–water partition coefficient (Wildman–Crippen LogP) is 0.650. The van der Waals surface area contributed by atoms with E-state index in [0.717, 1.165) is 25.9 Å². The van der Waals surface area contributed by atoms with Gasteiger partial charge in [-0.05, 0) is 38.6 Å². The molecule has 0 aromatic heterocycles. The number of nitrogens with two attached hydrogens (primary N) is 1. The maximum atomic E-state index is 12.4. The molecule has 6 nitrogen and oxygen atoms in total. The summed E-state index contributed by atoms with van der Waals surface area (Å²) in [4.78, 5) is 2.22. The lowest BCUT2D eigenvalue weighted by Gasteiger charge is -2.30. The lowest BCUT2D eigenvalue weighted by molar-refractivity contribution is 0.242. The van der Waals surface area contributed by atoms with E-state index in [1.165, 1.54) is 19.2 Å². The first kappa shape index (κ1) is 15.1. The molecular formula is C13H21N3O3S. The Balaban J connectivity index is 2.17. The number of likely N-dealkylation sites (N-methyl/N-ethyl adjacent to an activating group) is 1. The van der Waals surface area contributed by atoms with Crippen molar-refractivity contribution in [2.24, 2.45) is 0 Å². The Bertz CT molecular complexity index is 574. The number of hydrogen-bond donors (Lipinski definition) is 2. The highest BCUT2D eigenvalue weighted by Crippen LogP contribution is 2.24. The van der Waals surface area contributed by atoms with Crippen LogP contribution in [0.3, 0.4) is 0 Å². The Morgan fingerprint density at radius 2 is 2.20 bits per heavy atom. The molecule has 0 saturated carbocycles. The average molecular weight is 299 g/mol. The van der Waals surface area contributed by atoms with Gasteiger partial charge in [-0.25, -0.2) is 13.1 Å². The maximum Gasteiger partial charge on any atom is 0.242 e. The van der Waals surface area contributed by atoms with Gasteiger partial charge in [-0.3, -0.25) is 0 Å². The summed E-state index contributed by atoms with van der Waals surface area (Å²) in [5.74, 6) is 0.541. The average Bonchev–Trinajstić information content (AvgIpc) is 2.37. The molecular weight excluding hydrogens is 278 g/mol. The van der Waals surface area contributed by atoms with Crippen LogP contribution in [0.5, 0.6) is 5.75 Å². The number of rotatable bonds is 4. The van der Waals surface area contributed by atoms with E-state index in [9.17, 15) is 8.42 Å². The summed E-state index contributed by atoms with van der Waals surface area (Å²) < 4.78 is 32.5. The molecule has 0 amide bonds. The molecule has 1 aromatic carbocycles. The molecule has 1 heterocycles. The molecule has 1 aliphatic rings. The van der Waals surface area contributed by atoms with Gasteiger partial charge in [0.15, 0.2) is 0 Å². The first-order valence-corrected chi connectivity index (χ1v) is 8.05. The fraction of sp³-hybridized carbons (Fsp3) is 0.538. The van der Waals surface area contributed by atoms with E-state index in [4.69, 9.17) is 10.5 Å². The van der Waals surface area contributed by atoms with Gasteiger partial charge in [-0.2, -0.15) is 0 Å². The lowest BCUT2D eigenvalue weighted by atomic mass is 10.1. The minimum Gasteiger partial charge on any atom is -0.497 e. The van der Waals surface area contributed by atoms with Gasteiger partial charge < -0.3 is 15.4 Å². The van der Waals surface area contributed by atoms with Crippen molar-refractivity contribution in [1.29, 1.82) is 0 Å². The van der Waals surface area contributed by atoms with Crippen molar-refractivity contribution in [3.05, 3.63) is 18.2 Å². The third-order valence-electron chi connectivity index (χ3n) is 3.45. The van der Waals surface area contributed by atoms with Crippen LogP contribution in [0.2, 0.25) is 0 Å². The van der Waals surface area contributed by atoms with Crippen molar-refractivity contribution in [3.8, 4) is 5.75 Å². The number of anilines is 1. The largest absolute Gasteiger partial charge is 0.497 e. The van der Waals surface area contributed by atoms with Crippen LogP contribution < -0.4 is 15.2 Å². The second-order valence-corrected chi connectivity index (χ2v) is 6.81. The second-order valence-electron chi connectivity index (χ2n) is 5.13. The smallest absolute Gasteiger partial charge is 0.242 e. The van der Waals surface area contributed by atoms with E-state index in [1.807, 2.05) is 7.05 Å². The summed E-state index contributed by atoms with van der Waals surface area (Å²) in [6.45, 7) is 1.72. The zero-order chi connectivity index (χ0) is 14.8. The van der Waals surface area contributed by atoms with Crippen LogP contribution in [-0.4, -0.2) is 46.6 Å². The predicted molar refractivity (Wildman–Crippen MR) is 78.2 cm³/mol. The Morgan fingerprint density at radius 1 is 1.45 bits per heavy atom. The Hall–Kier alpha value is -1.31. The fourth-order valence-corrected chi connectivity index (χ4v) is 3.82. The molecule has 2 rings (SSSR count). The molecule has 7 heteroatoms. The van der Waals surface area contributed by atoms with Crippen molar-refractivity contribution in [2.75, 3.05) is 33.0 Å². The van der Waals surface area contributed by atoms with Gasteiger partial charge >= 0.3 is 0 Å². The van der Waals surface area contributed by atoms with E-state index >= 15 is 0 Å². The number of nitrogen functional groups attached to an aromatic ring is 1. The summed E-state index contributed by atoms with van der Waals surface area (Å²) in [5.41, 5.74) is 6.00. The molecule has 0 bridgehead atoms. The number of likely N-dealkylation sites (tertiary alicyclic amines) is 1. The van der Waals surface area contributed by atoms with Gasteiger partial charge in [0.2, 0.25) is 10.0 Å². The highest BCUT2D eigenvalue weighted by Gasteiger charge is 2.25. The number of hydrogen-bond acceptors (Lipinski definition) is 5. The maximum absolute atomic E-state index is 12.4. The van der Waals surface area contributed by atoms with Gasteiger partial charge in [0.1, 0.15) is 10.6 Å². The topological polar surface area (TPSA) is 84.7 Å². The van der Waals surface area contributed by atoms with E-state index < -0.39 is 10.0 Å². The van der Waals surface area contributed by atoms with Crippen LogP contribution in [0.1, 0.15) is 12.8 Å². The van der Waals surface area contributed by atoms with Crippen LogP contribution in [0, 0.1) is 0 Å². The van der Waals surface area contributed by atoms with Crippen LogP contribution >= 0.6 is 0 Å². The molecule has 1 unspecified atom stereocenters. The monoisotopic (exact) mass is 299 g/mol. The van der Waals surface area contributed by atoms with E-state index in [2.05, 4.69) is 9.62 Å². The molecule has 1 fully saturated rings. The van der Waals surface area contributed by atoms with Crippen molar-refractivity contribution < 1.29 is 13.2 Å². The third-order valence-corrected chi connectivity index (χ3v) is 5.05. The summed E-state index contributed by atoms with van der Waals surface area (Å²) in [5, 5.41) is 0. The molecule has 0 aliphatic carbocycles. The lowest BCUT2D eigenvalue weighted by Crippen LogP contribution is -2.46. The highest BCUT2D eigenvalue weighted by atomic mass is 32.2. The SMILES string of the molecule is COc1ccc(S(=O)(=O)NC2CCCN(C)C2)c(N)c1. The van der Waals surface area contributed by atoms with Gasteiger partial charge in [0.05, 0.1) is 12.8 Å². The Kier molecular flexibility index (Phi) is 4.52. The minimum absolute atomic E-state index is 0.0692. The summed E-state index contributed by atoms with van der Waals surface area (Å²) in [6, 6.07) is 4.52. The molecule has 0 radical (unpaired) electrons. The van der Waals surface area contributed by atoms with Crippen molar-refractivity contribution >= 4 is 15.7 Å². The zero-order valence-corrected chi connectivity index (χ0v) is 12.6. The zero-order valence-electron chi connectivity index (χ0n) is 11.8. The summed E-state index contributed by atoms with van der Waals surface area (Å²) >= 11 is 0. The molecule has 20 heavy (non-hydrogen) atoms. The molecule has 1 saturated heterocycles. The number of methoxy groups -OCH3 is 1. The highest BCUT2D eigenvalue weighted by molar-refractivity contribution is 7.89. The molecule has 1 aliphatic heterocycles. The first-order valence-electron chi connectivity index (χ1n) is 6.57. The van der Waals surface area contributed by atoms with E-state index in [0.29, 0.717) is 5.75 Å². The number of ether oxygens (including phenoxy) is 1.